The van der Waals surface area contributed by atoms with Crippen molar-refractivity contribution in [3.63, 3.8) is 0 Å². The molecule has 0 aromatic rings. The van der Waals surface area contributed by atoms with Crippen LogP contribution in [0.1, 0.15) is 39.5 Å². The normalized spacial score (nSPS) is 11.6. The number of hydrogen-bond donors (Lipinski definition) is 1. The highest BCUT2D eigenvalue weighted by Gasteiger charge is 2.44. The lowest BCUT2D eigenvalue weighted by Crippen LogP contribution is -2.42. The molecule has 0 unspecified atom stereocenters. The van der Waals surface area contributed by atoms with Gasteiger partial charge in [0.15, 0.2) is 0 Å². The summed E-state index contributed by atoms with van der Waals surface area (Å²) in [5.41, 5.74) is 0. The van der Waals surface area contributed by atoms with Crippen molar-refractivity contribution in [2.75, 3.05) is 13.1 Å². The van der Waals surface area contributed by atoms with E-state index >= 15 is 0 Å². The first-order chi connectivity index (χ1) is 8.49. The predicted octanol–water partition coefficient (Wildman–Crippen LogP) is 3.08. The second-order valence-electron chi connectivity index (χ2n) is 3.74. The summed E-state index contributed by atoms with van der Waals surface area (Å²) in [6.45, 7) is 4.40. The first-order valence-electron chi connectivity index (χ1n) is 5.82. The van der Waals surface area contributed by atoms with Crippen molar-refractivity contribution in [2.24, 2.45) is 0 Å². The number of alkyl halides is 2. The van der Waals surface area contributed by atoms with Crippen LogP contribution in [0.4, 0.5) is 8.78 Å². The third kappa shape index (κ3) is 6.48. The SMILES string of the molecule is CCCCN(CCCC)C(=O)C(F)(F)SOOO. The van der Waals surface area contributed by atoms with E-state index in [1.165, 1.54) is 0 Å². The van der Waals surface area contributed by atoms with Crippen LogP contribution in [0.5, 0.6) is 0 Å². The van der Waals surface area contributed by atoms with Gasteiger partial charge < -0.3 is 4.90 Å². The molecule has 0 fully saturated rings. The highest BCUT2D eigenvalue weighted by Crippen LogP contribution is 2.32. The smallest absolute Gasteiger partial charge is 0.337 e. The van der Waals surface area contributed by atoms with Gasteiger partial charge in [-0.2, -0.15) is 8.78 Å². The minimum absolute atomic E-state index is 0.283. The Morgan fingerprint density at radius 3 is 2.17 bits per heavy atom. The molecule has 18 heavy (non-hydrogen) atoms. The third-order valence-electron chi connectivity index (χ3n) is 2.27. The molecule has 0 spiro atoms. The van der Waals surface area contributed by atoms with E-state index in [2.05, 4.69) is 9.37 Å². The van der Waals surface area contributed by atoms with E-state index < -0.39 is 23.2 Å². The van der Waals surface area contributed by atoms with Gasteiger partial charge >= 0.3 is 11.2 Å². The summed E-state index contributed by atoms with van der Waals surface area (Å²) < 4.78 is 30.4. The van der Waals surface area contributed by atoms with Crippen LogP contribution >= 0.6 is 12.0 Å². The van der Waals surface area contributed by atoms with Crippen molar-refractivity contribution in [2.45, 2.75) is 44.8 Å². The van der Waals surface area contributed by atoms with E-state index in [1.54, 1.807) is 0 Å². The summed E-state index contributed by atoms with van der Waals surface area (Å²) in [6, 6.07) is 0. The molecule has 0 saturated heterocycles. The number of halogens is 2. The quantitative estimate of drug-likeness (QED) is 0.380. The minimum atomic E-state index is -3.77. The van der Waals surface area contributed by atoms with Crippen LogP contribution in [0, 0.1) is 0 Å². The van der Waals surface area contributed by atoms with Gasteiger partial charge in [-0.15, -0.1) is 4.33 Å². The van der Waals surface area contributed by atoms with E-state index in [-0.39, 0.29) is 13.1 Å². The summed E-state index contributed by atoms with van der Waals surface area (Å²) in [6.07, 6.45) is 2.94. The van der Waals surface area contributed by atoms with Crippen molar-refractivity contribution in [3.05, 3.63) is 0 Å². The van der Waals surface area contributed by atoms with Crippen molar-refractivity contribution >= 4 is 17.9 Å². The number of unbranched alkanes of at least 4 members (excludes halogenated alkanes) is 2. The van der Waals surface area contributed by atoms with Crippen LogP contribution < -0.4 is 0 Å². The van der Waals surface area contributed by atoms with Gasteiger partial charge in [0.1, 0.15) is 12.0 Å². The molecule has 0 atom stereocenters. The summed E-state index contributed by atoms with van der Waals surface area (Å²) in [4.78, 5) is 12.7. The Bertz CT molecular complexity index is 236. The molecule has 0 aliphatic rings. The van der Waals surface area contributed by atoms with Gasteiger partial charge in [-0.1, -0.05) is 31.7 Å². The van der Waals surface area contributed by atoms with E-state index in [0.717, 1.165) is 17.7 Å². The number of nitrogens with zero attached hydrogens (tertiary/aromatic N) is 1. The maximum atomic E-state index is 13.4. The van der Waals surface area contributed by atoms with Crippen LogP contribution in [0.3, 0.4) is 0 Å². The Balaban J connectivity index is 4.49. The van der Waals surface area contributed by atoms with Gasteiger partial charge in [0.25, 0.3) is 0 Å². The second-order valence-corrected chi connectivity index (χ2v) is 4.56. The second kappa shape index (κ2) is 9.48. The molecule has 0 aliphatic carbocycles. The molecule has 1 amide bonds. The molecule has 0 rings (SSSR count). The highest BCUT2D eigenvalue weighted by atomic mass is 32.2. The van der Waals surface area contributed by atoms with E-state index in [4.69, 9.17) is 5.26 Å². The van der Waals surface area contributed by atoms with Crippen LogP contribution in [0.15, 0.2) is 0 Å². The van der Waals surface area contributed by atoms with Gasteiger partial charge in [0.05, 0.1) is 0 Å². The van der Waals surface area contributed by atoms with E-state index in [9.17, 15) is 13.6 Å². The van der Waals surface area contributed by atoms with Crippen LogP contribution in [-0.4, -0.2) is 34.4 Å². The van der Waals surface area contributed by atoms with Crippen LogP contribution in [-0.2, 0) is 14.2 Å². The number of amides is 1. The molecule has 0 heterocycles. The Morgan fingerprint density at radius 1 is 1.28 bits per heavy atom. The molecule has 0 aromatic heterocycles. The molecular weight excluding hydrogens is 268 g/mol. The van der Waals surface area contributed by atoms with Crippen molar-refractivity contribution in [1.29, 1.82) is 0 Å². The largest absolute Gasteiger partial charge is 0.397 e. The fourth-order valence-electron chi connectivity index (χ4n) is 1.29. The van der Waals surface area contributed by atoms with Crippen molar-refractivity contribution in [3.8, 4) is 0 Å². The maximum Gasteiger partial charge on any atom is 0.397 e. The van der Waals surface area contributed by atoms with E-state index in [0.29, 0.717) is 12.8 Å². The zero-order valence-corrected chi connectivity index (χ0v) is 11.3. The number of carbonyl (C=O) groups excluding carboxylic acids is 1. The molecule has 0 bridgehead atoms. The minimum Gasteiger partial charge on any atom is -0.337 e. The third-order valence-corrected chi connectivity index (χ3v) is 2.78. The molecule has 0 saturated carbocycles. The maximum absolute atomic E-state index is 13.4. The molecule has 0 aromatic carbocycles. The van der Waals surface area contributed by atoms with Gasteiger partial charge in [-0.05, 0) is 12.8 Å². The molecule has 1 N–H and O–H groups in total. The first kappa shape index (κ1) is 17.6. The molecule has 8 heteroatoms. The lowest BCUT2D eigenvalue weighted by Gasteiger charge is -2.25. The topological polar surface area (TPSA) is 59.0 Å². The molecule has 5 nitrogen and oxygen atoms in total. The predicted molar refractivity (Wildman–Crippen MR) is 63.7 cm³/mol. The number of rotatable bonds is 10. The molecule has 0 aliphatic heterocycles. The van der Waals surface area contributed by atoms with Gasteiger partial charge in [0, 0.05) is 13.1 Å². The number of carbonyl (C=O) groups is 1. The summed E-state index contributed by atoms with van der Waals surface area (Å²) in [7, 11) is 0. The van der Waals surface area contributed by atoms with Gasteiger partial charge in [0.2, 0.25) is 0 Å². The zero-order chi connectivity index (χ0) is 14.0. The molecule has 108 valence electrons. The Kier molecular flexibility index (Phi) is 9.25. The van der Waals surface area contributed by atoms with Crippen molar-refractivity contribution < 1.29 is 28.2 Å². The van der Waals surface area contributed by atoms with Gasteiger partial charge in [-0.3, -0.25) is 4.79 Å². The zero-order valence-electron chi connectivity index (χ0n) is 10.5. The average molecular weight is 287 g/mol. The first-order valence-corrected chi connectivity index (χ1v) is 6.56. The Hall–Kier alpha value is -0.440. The Labute approximate surface area is 109 Å². The fraction of sp³-hybridized carbons (Fsp3) is 0.900. The van der Waals surface area contributed by atoms with Crippen molar-refractivity contribution in [1.82, 2.24) is 4.90 Å². The summed E-state index contributed by atoms with van der Waals surface area (Å²) in [5.74, 6) is -1.33. The lowest BCUT2D eigenvalue weighted by molar-refractivity contribution is -0.433. The molecule has 0 radical (unpaired) electrons. The van der Waals surface area contributed by atoms with Crippen LogP contribution in [0.2, 0.25) is 0 Å². The number of hydrogen-bond acceptors (Lipinski definition) is 5. The summed E-state index contributed by atoms with van der Waals surface area (Å²) >= 11 is -0.515. The van der Waals surface area contributed by atoms with Gasteiger partial charge in [-0.25, -0.2) is 5.26 Å². The standard InChI is InChI=1S/C10H19F2NO4S/c1-3-5-7-13(8-6-4-2)9(14)10(11,12)18-17-16-15/h15H,3-8H2,1-2H3. The van der Waals surface area contributed by atoms with Crippen LogP contribution in [0.25, 0.3) is 0 Å². The summed E-state index contributed by atoms with van der Waals surface area (Å²) in [5, 5.41) is 7.14. The fourth-order valence-corrected chi connectivity index (χ4v) is 1.61. The Morgan fingerprint density at radius 2 is 1.78 bits per heavy atom. The monoisotopic (exact) mass is 287 g/mol. The van der Waals surface area contributed by atoms with E-state index in [1.807, 2.05) is 13.8 Å². The molecular formula is C10H19F2NO4S. The highest BCUT2D eigenvalue weighted by molar-refractivity contribution is 7.96. The average Bonchev–Trinajstić information content (AvgIpc) is 2.36. The lowest BCUT2D eigenvalue weighted by atomic mass is 10.2.